The van der Waals surface area contributed by atoms with Gasteiger partial charge in [-0.25, -0.2) is 4.39 Å². The molecule has 2 aliphatic carbocycles. The second-order valence-corrected chi connectivity index (χ2v) is 10.2. The van der Waals surface area contributed by atoms with Gasteiger partial charge in [-0.1, -0.05) is 50.5 Å². The van der Waals surface area contributed by atoms with Gasteiger partial charge in [0, 0.05) is 31.3 Å². The summed E-state index contributed by atoms with van der Waals surface area (Å²) in [6, 6.07) is 10.5. The van der Waals surface area contributed by atoms with Crippen molar-refractivity contribution in [3.63, 3.8) is 0 Å². The van der Waals surface area contributed by atoms with Gasteiger partial charge < -0.3 is 9.94 Å². The quantitative estimate of drug-likeness (QED) is 0.415. The first-order chi connectivity index (χ1) is 16.9. The van der Waals surface area contributed by atoms with Gasteiger partial charge in [0.25, 0.3) is 0 Å². The van der Waals surface area contributed by atoms with Crippen LogP contribution in [0.25, 0.3) is 17.2 Å². The Kier molecular flexibility index (Phi) is 8.34. The Bertz CT molecular complexity index is 1020. The van der Waals surface area contributed by atoms with Crippen molar-refractivity contribution in [3.05, 3.63) is 60.2 Å². The van der Waals surface area contributed by atoms with Gasteiger partial charge in [0.2, 0.25) is 0 Å². The second kappa shape index (κ2) is 11.4. The van der Waals surface area contributed by atoms with Crippen molar-refractivity contribution in [3.8, 4) is 11.1 Å². The normalized spacial score (nSPS) is 29.8. The average Bonchev–Trinajstić information content (AvgIpc) is 3.15. The lowest BCUT2D eigenvalue weighted by Crippen LogP contribution is -2.42. The zero-order valence-electron chi connectivity index (χ0n) is 20.9. The molecule has 0 radical (unpaired) electrons. The fourth-order valence-electron chi connectivity index (χ4n) is 6.14. The molecule has 0 amide bonds. The smallest absolute Gasteiger partial charge is 0.309 e. The number of fused-ring (bicyclic) bond motifs is 2. The van der Waals surface area contributed by atoms with Gasteiger partial charge in [-0.05, 0) is 67.4 Å². The maximum absolute atomic E-state index is 13.5. The van der Waals surface area contributed by atoms with E-state index in [9.17, 15) is 9.18 Å². The third kappa shape index (κ3) is 5.99. The highest BCUT2D eigenvalue weighted by Gasteiger charge is 2.53. The molecule has 2 aromatic rings. The van der Waals surface area contributed by atoms with Crippen LogP contribution in [0.2, 0.25) is 0 Å². The standard InChI is InChI=1S/C26H28FNO2.C3H9NO/c1-16-25-23(22-8-3-2-5-18(22)14-24(25)26(29)30-16)12-11-21-10-9-19(15-28-21)17-6-4-7-20(27)13-17;1-3-4(2)5/h4,6-7,9-13,15-16,18,22-25H,2-3,5,8,14H2,1H3;5H,3H2,1-2H3/b12-11+;/t16-,18-,22-,23-,24?,25-;/m0./s1. The minimum atomic E-state index is -0.243. The van der Waals surface area contributed by atoms with Crippen LogP contribution >= 0.6 is 0 Å². The van der Waals surface area contributed by atoms with Crippen molar-refractivity contribution >= 4 is 12.0 Å². The number of nitrogens with zero attached hydrogens (tertiary/aromatic N) is 2. The molecule has 1 aromatic heterocycles. The maximum atomic E-state index is 13.5. The third-order valence-corrected chi connectivity index (χ3v) is 7.97. The molecule has 1 aromatic carbocycles. The zero-order chi connectivity index (χ0) is 24.9. The monoisotopic (exact) mass is 480 g/mol. The van der Waals surface area contributed by atoms with Crippen molar-refractivity contribution in [1.29, 1.82) is 0 Å². The Labute approximate surface area is 208 Å². The van der Waals surface area contributed by atoms with E-state index in [4.69, 9.17) is 9.94 Å². The third-order valence-electron chi connectivity index (χ3n) is 7.97. The molecule has 6 heteroatoms. The van der Waals surface area contributed by atoms with Gasteiger partial charge in [-0.3, -0.25) is 9.78 Å². The molecule has 1 N–H and O–H groups in total. The number of cyclic esters (lactones) is 1. The Morgan fingerprint density at radius 1 is 1.20 bits per heavy atom. The summed E-state index contributed by atoms with van der Waals surface area (Å²) in [5.41, 5.74) is 2.62. The average molecular weight is 481 g/mol. The molecule has 1 saturated heterocycles. The summed E-state index contributed by atoms with van der Waals surface area (Å²) >= 11 is 0. The van der Waals surface area contributed by atoms with E-state index in [1.54, 1.807) is 19.3 Å². The minimum Gasteiger partial charge on any atom is -0.462 e. The Hall–Kier alpha value is -2.57. The first-order valence-electron chi connectivity index (χ1n) is 12.9. The number of esters is 1. The van der Waals surface area contributed by atoms with Crippen LogP contribution in [0.15, 0.2) is 48.7 Å². The highest BCUT2D eigenvalue weighted by molar-refractivity contribution is 5.75. The second-order valence-electron chi connectivity index (χ2n) is 10.2. The van der Waals surface area contributed by atoms with E-state index in [-0.39, 0.29) is 29.7 Å². The lowest BCUT2D eigenvalue weighted by molar-refractivity contribution is -0.144. The van der Waals surface area contributed by atoms with Crippen molar-refractivity contribution in [2.45, 2.75) is 52.1 Å². The molecule has 2 saturated carbocycles. The lowest BCUT2D eigenvalue weighted by Gasteiger charge is -2.45. The van der Waals surface area contributed by atoms with Gasteiger partial charge in [0.1, 0.15) is 11.9 Å². The van der Waals surface area contributed by atoms with Gasteiger partial charge >= 0.3 is 5.97 Å². The first-order valence-corrected chi connectivity index (χ1v) is 12.9. The molecular formula is C29H37FN2O3. The van der Waals surface area contributed by atoms with Crippen LogP contribution in [0, 0.1) is 35.4 Å². The van der Waals surface area contributed by atoms with E-state index < -0.39 is 0 Å². The summed E-state index contributed by atoms with van der Waals surface area (Å²) in [5, 5.41) is 9.32. The van der Waals surface area contributed by atoms with E-state index in [0.29, 0.717) is 24.3 Å². The molecule has 0 bridgehead atoms. The molecule has 3 fully saturated rings. The molecule has 3 aliphatic rings. The highest BCUT2D eigenvalue weighted by atomic mass is 19.1. The number of benzene rings is 1. The number of hydrogen-bond acceptors (Lipinski definition) is 5. The molecule has 0 spiro atoms. The number of halogens is 1. The minimum absolute atomic E-state index is 0.00694. The predicted octanol–water partition coefficient (Wildman–Crippen LogP) is 6.23. The number of hydrogen-bond donors (Lipinski definition) is 1. The number of ether oxygens (including phenoxy) is 1. The van der Waals surface area contributed by atoms with Crippen molar-refractivity contribution in [2.75, 3.05) is 13.6 Å². The van der Waals surface area contributed by atoms with E-state index in [1.165, 1.54) is 37.8 Å². The molecule has 2 heterocycles. The van der Waals surface area contributed by atoms with Crippen LogP contribution in [-0.4, -0.2) is 40.9 Å². The summed E-state index contributed by atoms with van der Waals surface area (Å²) in [6.07, 6.45) is 12.2. The Balaban J connectivity index is 0.000000527. The fraction of sp³-hybridized carbons (Fsp3) is 0.517. The van der Waals surface area contributed by atoms with Crippen LogP contribution < -0.4 is 0 Å². The molecule has 5 rings (SSSR count). The van der Waals surface area contributed by atoms with Gasteiger partial charge in [0.15, 0.2) is 0 Å². The van der Waals surface area contributed by atoms with Gasteiger partial charge in [0.05, 0.1) is 11.6 Å². The summed E-state index contributed by atoms with van der Waals surface area (Å²) in [4.78, 5) is 17.0. The Morgan fingerprint density at radius 3 is 2.66 bits per heavy atom. The van der Waals surface area contributed by atoms with Crippen LogP contribution in [0.4, 0.5) is 4.39 Å². The fourth-order valence-corrected chi connectivity index (χ4v) is 6.14. The number of aromatic nitrogens is 1. The first kappa shape index (κ1) is 25.5. The summed E-state index contributed by atoms with van der Waals surface area (Å²) in [6.45, 7) is 4.62. The summed E-state index contributed by atoms with van der Waals surface area (Å²) < 4.78 is 19.1. The van der Waals surface area contributed by atoms with E-state index in [0.717, 1.165) is 28.3 Å². The van der Waals surface area contributed by atoms with Gasteiger partial charge in [-0.15, -0.1) is 0 Å². The van der Waals surface area contributed by atoms with Crippen molar-refractivity contribution in [2.24, 2.45) is 29.6 Å². The SMILES string of the molecule is CCN(C)O.C[C@@H]1OC(=O)C2C[C@@H]3CCCC[C@@H]3[C@H](/C=C/c3ccc(-c4cccc(F)c4)cn3)[C@@H]21. The van der Waals surface area contributed by atoms with Gasteiger partial charge in [-0.2, -0.15) is 5.06 Å². The number of hydroxylamine groups is 2. The maximum Gasteiger partial charge on any atom is 0.309 e. The number of rotatable bonds is 4. The van der Waals surface area contributed by atoms with E-state index >= 15 is 0 Å². The van der Waals surface area contributed by atoms with Crippen LogP contribution in [0.1, 0.15) is 51.6 Å². The molecule has 6 atom stereocenters. The largest absolute Gasteiger partial charge is 0.462 e. The zero-order valence-corrected chi connectivity index (χ0v) is 20.9. The molecule has 5 nitrogen and oxygen atoms in total. The van der Waals surface area contributed by atoms with Crippen LogP contribution in [0.3, 0.4) is 0 Å². The van der Waals surface area contributed by atoms with Crippen molar-refractivity contribution in [1.82, 2.24) is 10.0 Å². The van der Waals surface area contributed by atoms with Crippen LogP contribution in [0.5, 0.6) is 0 Å². The Morgan fingerprint density at radius 2 is 1.97 bits per heavy atom. The van der Waals surface area contributed by atoms with Crippen LogP contribution in [-0.2, 0) is 9.53 Å². The van der Waals surface area contributed by atoms with Crippen molar-refractivity contribution < 1.29 is 19.1 Å². The lowest BCUT2D eigenvalue weighted by atomic mass is 9.57. The molecule has 1 unspecified atom stereocenters. The van der Waals surface area contributed by atoms with E-state index in [1.807, 2.05) is 25.1 Å². The number of pyridine rings is 1. The molecule has 1 aliphatic heterocycles. The number of carbonyl (C=O) groups excluding carboxylic acids is 1. The molecule has 35 heavy (non-hydrogen) atoms. The number of carbonyl (C=O) groups is 1. The molecular weight excluding hydrogens is 443 g/mol. The summed E-state index contributed by atoms with van der Waals surface area (Å²) in [5.74, 6) is 1.73. The summed E-state index contributed by atoms with van der Waals surface area (Å²) in [7, 11) is 1.61. The van der Waals surface area contributed by atoms with E-state index in [2.05, 4.69) is 24.1 Å². The molecule has 188 valence electrons. The number of allylic oxidation sites excluding steroid dienone is 1. The highest BCUT2D eigenvalue weighted by Crippen LogP contribution is 2.53. The topological polar surface area (TPSA) is 62.7 Å². The predicted molar refractivity (Wildman–Crippen MR) is 135 cm³/mol.